The van der Waals surface area contributed by atoms with Crippen LogP contribution in [0, 0.1) is 0 Å². The van der Waals surface area contributed by atoms with Crippen molar-refractivity contribution in [2.45, 2.75) is 25.2 Å². The van der Waals surface area contributed by atoms with Gasteiger partial charge in [-0.1, -0.05) is 11.3 Å². The van der Waals surface area contributed by atoms with Gasteiger partial charge in [-0.25, -0.2) is 0 Å². The maximum atomic E-state index is 11.7. The average Bonchev–Trinajstić information content (AvgIpc) is 2.92. The van der Waals surface area contributed by atoms with Gasteiger partial charge in [-0.05, 0) is 25.0 Å². The fraction of sp³-hybridized carbons (Fsp3) is 0.385. The van der Waals surface area contributed by atoms with Crippen LogP contribution in [0.3, 0.4) is 0 Å². The van der Waals surface area contributed by atoms with Gasteiger partial charge in [-0.3, -0.25) is 4.79 Å². The molecule has 21 heavy (non-hydrogen) atoms. The molecule has 7 nitrogen and oxygen atoms in total. The zero-order valence-electron chi connectivity index (χ0n) is 11.2. The number of rotatable bonds is 5. The normalized spacial score (nSPS) is 14.7. The highest BCUT2D eigenvalue weighted by Gasteiger charge is 2.29. The lowest BCUT2D eigenvalue weighted by atomic mass is 10.4. The number of amides is 1. The molecule has 1 N–H and O–H groups in total. The number of nitrogens with zero attached hydrogens (tertiary/aromatic N) is 4. The van der Waals surface area contributed by atoms with Crippen LogP contribution in [0.2, 0.25) is 0 Å². The molecule has 3 aromatic rings. The highest BCUT2D eigenvalue weighted by atomic mass is 32.1. The van der Waals surface area contributed by atoms with E-state index in [1.165, 1.54) is 30.4 Å². The lowest BCUT2D eigenvalue weighted by Gasteiger charge is -2.00. The topological polar surface area (TPSA) is 85.3 Å². The lowest BCUT2D eigenvalue weighted by molar-refractivity contribution is 0.0926. The van der Waals surface area contributed by atoms with Crippen LogP contribution in [0.1, 0.15) is 40.1 Å². The zero-order valence-corrected chi connectivity index (χ0v) is 12.0. The van der Waals surface area contributed by atoms with Crippen molar-refractivity contribution in [2.24, 2.45) is 0 Å². The molecule has 1 fully saturated rings. The molecule has 1 saturated carbocycles. The molecule has 8 heteroatoms. The molecule has 4 rings (SSSR count). The van der Waals surface area contributed by atoms with Crippen molar-refractivity contribution in [3.8, 4) is 0 Å². The smallest absolute Gasteiger partial charge is 0.286 e. The molecular weight excluding hydrogens is 290 g/mol. The second kappa shape index (κ2) is 4.96. The first kappa shape index (κ1) is 12.5. The second-order valence-corrected chi connectivity index (χ2v) is 6.05. The predicted molar refractivity (Wildman–Crippen MR) is 75.4 cm³/mol. The van der Waals surface area contributed by atoms with Crippen molar-refractivity contribution >= 4 is 22.2 Å². The number of carbonyl (C=O) groups excluding carboxylic acids is 1. The molecule has 1 aliphatic rings. The second-order valence-electron chi connectivity index (χ2n) is 5.01. The van der Waals surface area contributed by atoms with Crippen LogP contribution in [-0.2, 0) is 6.42 Å². The molecule has 0 spiro atoms. The number of hydrogen-bond donors (Lipinski definition) is 1. The van der Waals surface area contributed by atoms with Crippen molar-refractivity contribution in [1.82, 2.24) is 25.1 Å². The van der Waals surface area contributed by atoms with E-state index in [4.69, 9.17) is 4.42 Å². The van der Waals surface area contributed by atoms with Gasteiger partial charge in [0.2, 0.25) is 4.96 Å². The highest BCUT2D eigenvalue weighted by molar-refractivity contribution is 7.16. The van der Waals surface area contributed by atoms with Gasteiger partial charge >= 0.3 is 0 Å². The third-order valence-corrected chi connectivity index (χ3v) is 4.33. The van der Waals surface area contributed by atoms with Crippen LogP contribution in [0.4, 0.5) is 0 Å². The van der Waals surface area contributed by atoms with Crippen molar-refractivity contribution in [2.75, 3.05) is 6.54 Å². The molecule has 3 heterocycles. The van der Waals surface area contributed by atoms with E-state index in [1.807, 2.05) is 4.52 Å². The number of hydrogen-bond acceptors (Lipinski definition) is 6. The van der Waals surface area contributed by atoms with Gasteiger partial charge in [-0.2, -0.15) is 9.61 Å². The maximum Gasteiger partial charge on any atom is 0.286 e. The molecule has 0 radical (unpaired) electrons. The number of furan rings is 1. The molecule has 1 amide bonds. The number of fused-ring (bicyclic) bond motifs is 1. The Balaban J connectivity index is 1.39. The van der Waals surface area contributed by atoms with Gasteiger partial charge < -0.3 is 9.73 Å². The molecule has 1 aliphatic carbocycles. The molecule has 3 aromatic heterocycles. The van der Waals surface area contributed by atoms with Crippen LogP contribution < -0.4 is 5.32 Å². The fourth-order valence-electron chi connectivity index (χ4n) is 2.15. The molecular formula is C13H13N5O2S. The van der Waals surface area contributed by atoms with Gasteiger partial charge in [0.1, 0.15) is 5.01 Å². The average molecular weight is 303 g/mol. The summed E-state index contributed by atoms with van der Waals surface area (Å²) in [6.07, 6.45) is 4.50. The first-order chi connectivity index (χ1) is 10.3. The molecule has 0 atom stereocenters. The van der Waals surface area contributed by atoms with E-state index in [0.29, 0.717) is 24.6 Å². The minimum absolute atomic E-state index is 0.207. The Morgan fingerprint density at radius 2 is 2.38 bits per heavy atom. The Morgan fingerprint density at radius 1 is 1.48 bits per heavy atom. The summed E-state index contributed by atoms with van der Waals surface area (Å²) in [6, 6.07) is 3.33. The van der Waals surface area contributed by atoms with Gasteiger partial charge in [-0.15, -0.1) is 10.2 Å². The summed E-state index contributed by atoms with van der Waals surface area (Å²) in [5.41, 5.74) is 0. The van der Waals surface area contributed by atoms with Crippen LogP contribution in [0.25, 0.3) is 4.96 Å². The third-order valence-electron chi connectivity index (χ3n) is 3.37. The van der Waals surface area contributed by atoms with Crippen LogP contribution in [0.15, 0.2) is 22.8 Å². The summed E-state index contributed by atoms with van der Waals surface area (Å²) in [7, 11) is 0. The molecule has 0 aromatic carbocycles. The Kier molecular flexibility index (Phi) is 2.95. The number of carbonyl (C=O) groups is 1. The predicted octanol–water partition coefficient (Wildman–Crippen LogP) is 1.63. The van der Waals surface area contributed by atoms with Crippen LogP contribution in [0.5, 0.6) is 0 Å². The Labute approximate surface area is 124 Å². The van der Waals surface area contributed by atoms with E-state index in [1.54, 1.807) is 12.1 Å². The largest absolute Gasteiger partial charge is 0.459 e. The Hall–Kier alpha value is -2.22. The zero-order chi connectivity index (χ0) is 14.2. The third kappa shape index (κ3) is 2.42. The van der Waals surface area contributed by atoms with E-state index >= 15 is 0 Å². The van der Waals surface area contributed by atoms with E-state index in [2.05, 4.69) is 20.6 Å². The Morgan fingerprint density at radius 3 is 3.14 bits per heavy atom. The van der Waals surface area contributed by atoms with Crippen LogP contribution in [-0.4, -0.2) is 32.3 Å². The van der Waals surface area contributed by atoms with Gasteiger partial charge in [0.25, 0.3) is 5.91 Å². The summed E-state index contributed by atoms with van der Waals surface area (Å²) in [5, 5.41) is 16.6. The summed E-state index contributed by atoms with van der Waals surface area (Å²) in [4.78, 5) is 12.5. The van der Waals surface area contributed by atoms with E-state index in [0.717, 1.165) is 15.8 Å². The molecule has 0 aliphatic heterocycles. The van der Waals surface area contributed by atoms with Gasteiger partial charge in [0, 0.05) is 18.9 Å². The summed E-state index contributed by atoms with van der Waals surface area (Å²) in [6.45, 7) is 0.516. The SMILES string of the molecule is O=C(NCCc1nn2c(C3CC3)nnc2s1)c1ccco1. The maximum absolute atomic E-state index is 11.7. The summed E-state index contributed by atoms with van der Waals surface area (Å²) < 4.78 is 6.87. The van der Waals surface area contributed by atoms with Gasteiger partial charge in [0.15, 0.2) is 11.6 Å². The number of nitrogens with one attached hydrogen (secondary N) is 1. The molecule has 108 valence electrons. The summed E-state index contributed by atoms with van der Waals surface area (Å²) >= 11 is 1.52. The van der Waals surface area contributed by atoms with Crippen molar-refractivity contribution < 1.29 is 9.21 Å². The Bertz CT molecular complexity index is 772. The minimum atomic E-state index is -0.207. The van der Waals surface area contributed by atoms with Gasteiger partial charge in [0.05, 0.1) is 6.26 Å². The van der Waals surface area contributed by atoms with E-state index in [9.17, 15) is 4.79 Å². The van der Waals surface area contributed by atoms with E-state index < -0.39 is 0 Å². The van der Waals surface area contributed by atoms with Crippen LogP contribution >= 0.6 is 11.3 Å². The van der Waals surface area contributed by atoms with E-state index in [-0.39, 0.29) is 5.91 Å². The highest BCUT2D eigenvalue weighted by Crippen LogP contribution is 2.39. The van der Waals surface area contributed by atoms with Crippen molar-refractivity contribution in [3.63, 3.8) is 0 Å². The molecule has 0 saturated heterocycles. The minimum Gasteiger partial charge on any atom is -0.459 e. The fourth-order valence-corrected chi connectivity index (χ4v) is 2.99. The first-order valence-electron chi connectivity index (χ1n) is 6.84. The van der Waals surface area contributed by atoms with Crippen molar-refractivity contribution in [3.05, 3.63) is 35.0 Å². The molecule has 0 bridgehead atoms. The quantitative estimate of drug-likeness (QED) is 0.774. The number of aromatic nitrogens is 4. The summed E-state index contributed by atoms with van der Waals surface area (Å²) in [5.74, 6) is 1.60. The standard InChI is InChI=1S/C13H13N5O2S/c19-12(9-2-1-7-20-9)14-6-5-10-17-18-11(8-3-4-8)15-16-13(18)21-10/h1-2,7-8H,3-6H2,(H,14,19). The monoisotopic (exact) mass is 303 g/mol. The van der Waals surface area contributed by atoms with Crippen molar-refractivity contribution in [1.29, 1.82) is 0 Å². The lowest BCUT2D eigenvalue weighted by Crippen LogP contribution is -2.25. The molecule has 0 unspecified atom stereocenters. The first-order valence-corrected chi connectivity index (χ1v) is 7.65.